The van der Waals surface area contributed by atoms with E-state index in [-0.39, 0.29) is 5.97 Å². The van der Waals surface area contributed by atoms with Crippen molar-refractivity contribution in [3.05, 3.63) is 39.8 Å². The summed E-state index contributed by atoms with van der Waals surface area (Å²) in [6.07, 6.45) is 3.10. The van der Waals surface area contributed by atoms with Crippen LogP contribution in [-0.4, -0.2) is 19.1 Å². The van der Waals surface area contributed by atoms with Crippen LogP contribution < -0.4 is 5.32 Å². The minimum Gasteiger partial charge on any atom is -0.463 e. The Labute approximate surface area is 114 Å². The maximum Gasteiger partial charge on any atom is 0.330 e. The van der Waals surface area contributed by atoms with Crippen LogP contribution >= 0.6 is 27.5 Å². The van der Waals surface area contributed by atoms with Crippen molar-refractivity contribution in [3.63, 3.8) is 0 Å². The summed E-state index contributed by atoms with van der Waals surface area (Å²) in [5.41, 5.74) is 0.881. The van der Waals surface area contributed by atoms with E-state index in [0.29, 0.717) is 18.2 Å². The molecule has 0 bridgehead atoms. The number of ether oxygens (including phenoxy) is 1. The van der Waals surface area contributed by atoms with Gasteiger partial charge in [0.25, 0.3) is 0 Å². The normalized spacial score (nSPS) is 10.5. The molecule has 92 valence electrons. The third kappa shape index (κ3) is 5.24. The molecule has 0 spiro atoms. The Balaban J connectivity index is 2.45. The molecule has 0 saturated carbocycles. The van der Waals surface area contributed by atoms with Gasteiger partial charge in [-0.1, -0.05) is 17.7 Å². The van der Waals surface area contributed by atoms with Gasteiger partial charge in [0.15, 0.2) is 0 Å². The molecule has 5 heteroatoms. The van der Waals surface area contributed by atoms with Crippen LogP contribution in [-0.2, 0) is 9.53 Å². The number of carbonyl (C=O) groups excluding carboxylic acids is 1. The molecule has 17 heavy (non-hydrogen) atoms. The minimum absolute atomic E-state index is 0.334. The third-order valence-corrected chi connectivity index (χ3v) is 2.81. The van der Waals surface area contributed by atoms with Gasteiger partial charge in [0.1, 0.15) is 0 Å². The first kappa shape index (κ1) is 14.1. The van der Waals surface area contributed by atoms with Crippen molar-refractivity contribution in [1.29, 1.82) is 0 Å². The standard InChI is InChI=1S/C12H13BrClNO2/c1-2-17-12(16)4-3-7-15-11-8-9(14)5-6-10(11)13/h3-6,8,15H,2,7H2,1H3/b4-3+. The lowest BCUT2D eigenvalue weighted by atomic mass is 10.3. The smallest absolute Gasteiger partial charge is 0.330 e. The number of hydrogen-bond acceptors (Lipinski definition) is 3. The van der Waals surface area contributed by atoms with E-state index >= 15 is 0 Å². The molecule has 0 atom stereocenters. The van der Waals surface area contributed by atoms with Gasteiger partial charge in [-0.05, 0) is 41.1 Å². The molecular formula is C12H13BrClNO2. The molecule has 0 radical (unpaired) electrons. The first-order chi connectivity index (χ1) is 8.13. The van der Waals surface area contributed by atoms with Gasteiger partial charge in [0, 0.05) is 22.1 Å². The molecule has 1 N–H and O–H groups in total. The van der Waals surface area contributed by atoms with Crippen LogP contribution in [0.1, 0.15) is 6.92 Å². The molecule has 0 heterocycles. The number of rotatable bonds is 5. The fourth-order valence-electron chi connectivity index (χ4n) is 1.15. The Hall–Kier alpha value is -1.000. The number of benzene rings is 1. The zero-order chi connectivity index (χ0) is 12.7. The van der Waals surface area contributed by atoms with E-state index < -0.39 is 0 Å². The summed E-state index contributed by atoms with van der Waals surface area (Å²) in [6.45, 7) is 2.68. The number of nitrogens with one attached hydrogen (secondary N) is 1. The van der Waals surface area contributed by atoms with E-state index in [1.807, 2.05) is 12.1 Å². The second-order valence-electron chi connectivity index (χ2n) is 3.16. The lowest BCUT2D eigenvalue weighted by Gasteiger charge is -2.06. The van der Waals surface area contributed by atoms with Crippen LogP contribution in [0.2, 0.25) is 5.02 Å². The van der Waals surface area contributed by atoms with Crippen molar-refractivity contribution in [2.24, 2.45) is 0 Å². The van der Waals surface area contributed by atoms with Gasteiger partial charge in [-0.3, -0.25) is 0 Å². The summed E-state index contributed by atoms with van der Waals surface area (Å²) in [6, 6.07) is 5.47. The van der Waals surface area contributed by atoms with Gasteiger partial charge >= 0.3 is 5.97 Å². The van der Waals surface area contributed by atoms with Crippen LogP contribution in [0.25, 0.3) is 0 Å². The molecule has 1 rings (SSSR count). The fraction of sp³-hybridized carbons (Fsp3) is 0.250. The summed E-state index contributed by atoms with van der Waals surface area (Å²) in [4.78, 5) is 11.0. The average molecular weight is 319 g/mol. The number of carbonyl (C=O) groups is 1. The molecule has 1 aromatic carbocycles. The van der Waals surface area contributed by atoms with E-state index in [1.165, 1.54) is 6.08 Å². The quantitative estimate of drug-likeness (QED) is 0.665. The molecule has 0 aliphatic carbocycles. The molecule has 0 saturated heterocycles. The predicted molar refractivity (Wildman–Crippen MR) is 73.4 cm³/mol. The molecule has 0 aromatic heterocycles. The Kier molecular flexibility index (Phi) is 6.08. The largest absolute Gasteiger partial charge is 0.463 e. The highest BCUT2D eigenvalue weighted by Gasteiger charge is 1.99. The van der Waals surface area contributed by atoms with Crippen molar-refractivity contribution in [3.8, 4) is 0 Å². The highest BCUT2D eigenvalue weighted by Crippen LogP contribution is 2.25. The van der Waals surface area contributed by atoms with E-state index in [4.69, 9.17) is 16.3 Å². The molecular weight excluding hydrogens is 305 g/mol. The predicted octanol–water partition coefficient (Wildman–Crippen LogP) is 3.63. The topological polar surface area (TPSA) is 38.3 Å². The van der Waals surface area contributed by atoms with E-state index in [1.54, 1.807) is 19.1 Å². The first-order valence-electron chi connectivity index (χ1n) is 5.15. The molecule has 0 aliphatic heterocycles. The molecule has 0 fully saturated rings. The second-order valence-corrected chi connectivity index (χ2v) is 4.45. The molecule has 0 unspecified atom stereocenters. The molecule has 0 amide bonds. The number of hydrogen-bond donors (Lipinski definition) is 1. The number of esters is 1. The van der Waals surface area contributed by atoms with E-state index in [9.17, 15) is 4.79 Å². The minimum atomic E-state index is -0.334. The van der Waals surface area contributed by atoms with E-state index in [0.717, 1.165) is 10.2 Å². The summed E-state index contributed by atoms with van der Waals surface area (Å²) >= 11 is 9.27. The summed E-state index contributed by atoms with van der Waals surface area (Å²) in [5, 5.41) is 3.78. The van der Waals surface area contributed by atoms with Crippen LogP contribution in [0, 0.1) is 0 Å². The fourth-order valence-corrected chi connectivity index (χ4v) is 1.71. The summed E-state index contributed by atoms with van der Waals surface area (Å²) < 4.78 is 5.68. The second kappa shape index (κ2) is 7.35. The zero-order valence-electron chi connectivity index (χ0n) is 9.37. The SMILES string of the molecule is CCOC(=O)/C=C/CNc1cc(Cl)ccc1Br. The monoisotopic (exact) mass is 317 g/mol. The Morgan fingerprint density at radius 1 is 1.59 bits per heavy atom. The average Bonchev–Trinajstić information content (AvgIpc) is 2.29. The number of halogens is 2. The highest BCUT2D eigenvalue weighted by atomic mass is 79.9. The van der Waals surface area contributed by atoms with Gasteiger partial charge in [-0.25, -0.2) is 4.79 Å². The Morgan fingerprint density at radius 2 is 2.35 bits per heavy atom. The zero-order valence-corrected chi connectivity index (χ0v) is 11.7. The maximum atomic E-state index is 11.0. The van der Waals surface area contributed by atoms with Crippen molar-refractivity contribution in [1.82, 2.24) is 0 Å². The molecule has 0 aliphatic rings. The van der Waals surface area contributed by atoms with Crippen LogP contribution in [0.15, 0.2) is 34.8 Å². The molecule has 1 aromatic rings. The number of anilines is 1. The highest BCUT2D eigenvalue weighted by molar-refractivity contribution is 9.10. The van der Waals surface area contributed by atoms with Gasteiger partial charge in [0.05, 0.1) is 12.3 Å². The van der Waals surface area contributed by atoms with Gasteiger partial charge in [-0.15, -0.1) is 0 Å². The molecule has 3 nitrogen and oxygen atoms in total. The maximum absolute atomic E-state index is 11.0. The summed E-state index contributed by atoms with van der Waals surface area (Å²) in [7, 11) is 0. The Morgan fingerprint density at radius 3 is 3.06 bits per heavy atom. The summed E-state index contributed by atoms with van der Waals surface area (Å²) in [5.74, 6) is -0.334. The van der Waals surface area contributed by atoms with Gasteiger partial charge < -0.3 is 10.1 Å². The van der Waals surface area contributed by atoms with Gasteiger partial charge in [-0.2, -0.15) is 0 Å². The van der Waals surface area contributed by atoms with E-state index in [2.05, 4.69) is 21.2 Å². The van der Waals surface area contributed by atoms with Crippen molar-refractivity contribution < 1.29 is 9.53 Å². The first-order valence-corrected chi connectivity index (χ1v) is 6.32. The van der Waals surface area contributed by atoms with Gasteiger partial charge in [0.2, 0.25) is 0 Å². The van der Waals surface area contributed by atoms with Crippen molar-refractivity contribution in [2.75, 3.05) is 18.5 Å². The third-order valence-electron chi connectivity index (χ3n) is 1.88. The van der Waals surface area contributed by atoms with Crippen LogP contribution in [0.4, 0.5) is 5.69 Å². The van der Waals surface area contributed by atoms with Crippen LogP contribution in [0.3, 0.4) is 0 Å². The lowest BCUT2D eigenvalue weighted by Crippen LogP contribution is -2.02. The van der Waals surface area contributed by atoms with Crippen LogP contribution in [0.5, 0.6) is 0 Å². The van der Waals surface area contributed by atoms with Crippen molar-refractivity contribution >= 4 is 39.2 Å². The van der Waals surface area contributed by atoms with Crippen molar-refractivity contribution in [2.45, 2.75) is 6.92 Å². The Bertz CT molecular complexity index is 421. The lowest BCUT2D eigenvalue weighted by molar-refractivity contribution is -0.137.